The summed E-state index contributed by atoms with van der Waals surface area (Å²) < 4.78 is 13.7. The van der Waals surface area contributed by atoms with Crippen molar-refractivity contribution < 1.29 is 14.3 Å². The van der Waals surface area contributed by atoms with Gasteiger partial charge in [-0.25, -0.2) is 9.97 Å². The first kappa shape index (κ1) is 20.4. The van der Waals surface area contributed by atoms with E-state index in [4.69, 9.17) is 20.2 Å². The zero-order chi connectivity index (χ0) is 22.5. The van der Waals surface area contributed by atoms with Gasteiger partial charge < -0.3 is 20.5 Å². The quantitative estimate of drug-likeness (QED) is 0.613. The van der Waals surface area contributed by atoms with Crippen LogP contribution in [-0.2, 0) is 10.2 Å². The van der Waals surface area contributed by atoms with Gasteiger partial charge in [0.05, 0.1) is 35.9 Å². The topological polar surface area (TPSA) is 117 Å². The van der Waals surface area contributed by atoms with Crippen LogP contribution in [0.25, 0.3) is 11.7 Å². The minimum absolute atomic E-state index is 0.0366. The molecule has 0 spiro atoms. The average Bonchev–Trinajstić information content (AvgIpc) is 3.39. The molecule has 9 nitrogen and oxygen atoms in total. The molecule has 0 atom stereocenters. The minimum atomic E-state index is -0.377. The standard InChI is InChI=1S/C23H26N6O3/c1-14(2)32-21-19-26-17(23-11-22(3,12-23)31-13-23)9-29(19)10-18(28-21)27-20(30)16-6-4-5-15(25-16)7-8-24/h4-10,14H,11-13,24H2,1-3H3,(H,27,30)/b8-7-. The van der Waals surface area contributed by atoms with E-state index < -0.39 is 0 Å². The first-order chi connectivity index (χ1) is 15.3. The second-order valence-corrected chi connectivity index (χ2v) is 9.09. The number of fused-ring (bicyclic) bond motifs is 2. The van der Waals surface area contributed by atoms with Gasteiger partial charge in [0.2, 0.25) is 5.65 Å². The third-order valence-corrected chi connectivity index (χ3v) is 5.93. The van der Waals surface area contributed by atoms with E-state index in [0.29, 0.717) is 29.6 Å². The number of hydrogen-bond acceptors (Lipinski definition) is 7. The lowest BCUT2D eigenvalue weighted by atomic mass is 9.62. The minimum Gasteiger partial charge on any atom is -0.472 e. The van der Waals surface area contributed by atoms with E-state index >= 15 is 0 Å². The highest BCUT2D eigenvalue weighted by Gasteiger charge is 2.61. The molecule has 0 unspecified atom stereocenters. The number of aromatic nitrogens is 4. The van der Waals surface area contributed by atoms with E-state index in [-0.39, 0.29) is 28.7 Å². The molecule has 3 N–H and O–H groups in total. The van der Waals surface area contributed by atoms with Crippen LogP contribution >= 0.6 is 0 Å². The number of nitrogens with two attached hydrogens (primary N) is 1. The predicted octanol–water partition coefficient (Wildman–Crippen LogP) is 2.91. The first-order valence-corrected chi connectivity index (χ1v) is 10.7. The monoisotopic (exact) mass is 434 g/mol. The van der Waals surface area contributed by atoms with Crippen LogP contribution in [-0.4, -0.2) is 43.6 Å². The van der Waals surface area contributed by atoms with Crippen molar-refractivity contribution in [3.05, 3.63) is 53.9 Å². The smallest absolute Gasteiger partial charge is 0.275 e. The Bertz CT molecular complexity index is 1230. The Morgan fingerprint density at radius 2 is 2.09 bits per heavy atom. The van der Waals surface area contributed by atoms with Crippen LogP contribution in [0.3, 0.4) is 0 Å². The Balaban J connectivity index is 1.48. The number of anilines is 1. The summed E-state index contributed by atoms with van der Waals surface area (Å²) in [4.78, 5) is 26.5. The zero-order valence-corrected chi connectivity index (χ0v) is 18.3. The normalized spacial score (nSPS) is 24.2. The van der Waals surface area contributed by atoms with Crippen LogP contribution in [0.1, 0.15) is 55.5 Å². The fourth-order valence-electron chi connectivity index (χ4n) is 4.69. The van der Waals surface area contributed by atoms with E-state index in [1.807, 2.05) is 24.4 Å². The van der Waals surface area contributed by atoms with Crippen LogP contribution < -0.4 is 15.8 Å². The SMILES string of the molecule is CC(C)Oc1nc(NC(=O)c2cccc(/C=C\N)n2)cn2cc(C34COC(C)(C3)C4)nc12. The third kappa shape index (κ3) is 3.48. The molecule has 3 fully saturated rings. The Morgan fingerprint density at radius 3 is 2.78 bits per heavy atom. The molecule has 9 heteroatoms. The van der Waals surface area contributed by atoms with E-state index in [0.717, 1.165) is 18.5 Å². The molecule has 5 heterocycles. The Kier molecular flexibility index (Phi) is 4.67. The maximum Gasteiger partial charge on any atom is 0.275 e. The summed E-state index contributed by atoms with van der Waals surface area (Å²) in [5, 5.41) is 2.82. The summed E-state index contributed by atoms with van der Waals surface area (Å²) in [6, 6.07) is 5.15. The third-order valence-electron chi connectivity index (χ3n) is 5.93. The van der Waals surface area contributed by atoms with Gasteiger partial charge in [-0.05, 0) is 58.0 Å². The summed E-state index contributed by atoms with van der Waals surface area (Å²) in [6.45, 7) is 6.66. The fraction of sp³-hybridized carbons (Fsp3) is 0.391. The number of carbonyl (C=O) groups excluding carboxylic acids is 1. The second-order valence-electron chi connectivity index (χ2n) is 9.09. The zero-order valence-electron chi connectivity index (χ0n) is 18.3. The lowest BCUT2D eigenvalue weighted by Crippen LogP contribution is -2.45. The number of amides is 1. The van der Waals surface area contributed by atoms with Gasteiger partial charge >= 0.3 is 0 Å². The Morgan fingerprint density at radius 1 is 1.28 bits per heavy atom. The second kappa shape index (κ2) is 7.30. The molecule has 32 heavy (non-hydrogen) atoms. The van der Waals surface area contributed by atoms with Gasteiger partial charge in [-0.15, -0.1) is 0 Å². The van der Waals surface area contributed by atoms with E-state index in [1.165, 1.54) is 6.20 Å². The lowest BCUT2D eigenvalue weighted by molar-refractivity contribution is 0.0154. The Labute approximate surface area is 185 Å². The van der Waals surface area contributed by atoms with Gasteiger partial charge in [0, 0.05) is 11.6 Å². The van der Waals surface area contributed by atoms with Crippen LogP contribution in [0.2, 0.25) is 0 Å². The van der Waals surface area contributed by atoms with Crippen molar-refractivity contribution in [2.24, 2.45) is 5.73 Å². The number of nitrogens with one attached hydrogen (secondary N) is 1. The first-order valence-electron chi connectivity index (χ1n) is 10.7. The molecule has 2 bridgehead atoms. The Hall–Kier alpha value is -3.46. The molecule has 0 radical (unpaired) electrons. The van der Waals surface area contributed by atoms with E-state index in [1.54, 1.807) is 30.5 Å². The van der Waals surface area contributed by atoms with Crippen LogP contribution in [0, 0.1) is 0 Å². The van der Waals surface area contributed by atoms with Gasteiger partial charge in [0.1, 0.15) is 5.69 Å². The van der Waals surface area contributed by atoms with Crippen molar-refractivity contribution in [2.45, 2.75) is 50.7 Å². The van der Waals surface area contributed by atoms with Gasteiger partial charge in [0.25, 0.3) is 11.8 Å². The van der Waals surface area contributed by atoms with E-state index in [9.17, 15) is 4.79 Å². The van der Waals surface area contributed by atoms with Gasteiger partial charge in [-0.1, -0.05) is 6.07 Å². The van der Waals surface area contributed by atoms with Crippen molar-refractivity contribution >= 4 is 23.4 Å². The molecular formula is C23H26N6O3. The van der Waals surface area contributed by atoms with Crippen molar-refractivity contribution in [1.82, 2.24) is 19.4 Å². The highest BCUT2D eigenvalue weighted by Crippen LogP contribution is 2.58. The van der Waals surface area contributed by atoms with Crippen molar-refractivity contribution in [1.29, 1.82) is 0 Å². The highest BCUT2D eigenvalue weighted by atomic mass is 16.5. The molecule has 0 aromatic carbocycles. The summed E-state index contributed by atoms with van der Waals surface area (Å²) in [6.07, 6.45) is 8.55. The van der Waals surface area contributed by atoms with Crippen LogP contribution in [0.4, 0.5) is 5.82 Å². The molecule has 166 valence electrons. The largest absolute Gasteiger partial charge is 0.472 e. The molecule has 6 rings (SSSR count). The van der Waals surface area contributed by atoms with Gasteiger partial charge in [-0.3, -0.25) is 9.20 Å². The van der Waals surface area contributed by atoms with E-state index in [2.05, 4.69) is 22.2 Å². The number of pyridine rings is 1. The summed E-state index contributed by atoms with van der Waals surface area (Å²) >= 11 is 0. The molecule has 3 aromatic rings. The molecule has 3 aromatic heterocycles. The molecule has 2 aliphatic heterocycles. The number of imidazole rings is 1. The molecule has 1 amide bonds. The molecule has 3 aliphatic rings. The van der Waals surface area contributed by atoms with Crippen LogP contribution in [0.15, 0.2) is 36.8 Å². The number of hydrogen-bond donors (Lipinski definition) is 2. The number of carbonyl (C=O) groups is 1. The average molecular weight is 435 g/mol. The summed E-state index contributed by atoms with van der Waals surface area (Å²) in [5.74, 6) is 0.342. The summed E-state index contributed by atoms with van der Waals surface area (Å²) in [7, 11) is 0. The highest BCUT2D eigenvalue weighted by molar-refractivity contribution is 6.02. The predicted molar refractivity (Wildman–Crippen MR) is 119 cm³/mol. The van der Waals surface area contributed by atoms with Crippen molar-refractivity contribution in [2.75, 3.05) is 11.9 Å². The van der Waals surface area contributed by atoms with Gasteiger partial charge in [0.15, 0.2) is 5.82 Å². The summed E-state index contributed by atoms with van der Waals surface area (Å²) in [5.41, 5.74) is 7.77. The molecular weight excluding hydrogens is 408 g/mol. The van der Waals surface area contributed by atoms with Crippen molar-refractivity contribution in [3.63, 3.8) is 0 Å². The number of ether oxygens (including phenoxy) is 2. The molecule has 2 saturated heterocycles. The molecule has 1 aliphatic carbocycles. The number of nitrogens with zero attached hydrogens (tertiary/aromatic N) is 4. The maximum absolute atomic E-state index is 12.8. The van der Waals surface area contributed by atoms with Crippen molar-refractivity contribution in [3.8, 4) is 5.88 Å². The molecule has 1 saturated carbocycles. The van der Waals surface area contributed by atoms with Crippen LogP contribution in [0.5, 0.6) is 5.88 Å². The fourth-order valence-corrected chi connectivity index (χ4v) is 4.69. The lowest BCUT2D eigenvalue weighted by Gasteiger charge is -2.41. The maximum atomic E-state index is 12.8. The van der Waals surface area contributed by atoms with Gasteiger partial charge in [-0.2, -0.15) is 4.98 Å². The number of rotatable bonds is 6.